The van der Waals surface area contributed by atoms with Crippen LogP contribution in [0.25, 0.3) is 10.1 Å². The summed E-state index contributed by atoms with van der Waals surface area (Å²) in [5.74, 6) is 1.05. The number of hydrogen-bond acceptors (Lipinski definition) is 3. The fourth-order valence-corrected chi connectivity index (χ4v) is 3.88. The number of hydrogen-bond donors (Lipinski definition) is 0. The molecule has 1 aromatic heterocycles. The molecule has 114 valence electrons. The summed E-state index contributed by atoms with van der Waals surface area (Å²) in [5.41, 5.74) is 0. The Hall–Kier alpha value is -1.06. The van der Waals surface area contributed by atoms with E-state index in [4.69, 9.17) is 4.74 Å². The maximum atomic E-state index is 5.95. The van der Waals surface area contributed by atoms with E-state index < -0.39 is 0 Å². The topological polar surface area (TPSA) is 12.5 Å². The lowest BCUT2D eigenvalue weighted by Gasteiger charge is -2.13. The van der Waals surface area contributed by atoms with E-state index in [1.54, 1.807) is 11.3 Å². The quantitative estimate of drug-likeness (QED) is 0.641. The van der Waals surface area contributed by atoms with Gasteiger partial charge >= 0.3 is 0 Å². The molecule has 3 heteroatoms. The minimum absolute atomic E-state index is 0.846. The Morgan fingerprint density at radius 2 is 1.86 bits per heavy atom. The fourth-order valence-electron chi connectivity index (χ4n) is 3.07. The second-order valence-electron chi connectivity index (χ2n) is 5.90. The molecule has 1 saturated heterocycles. The highest BCUT2D eigenvalue weighted by atomic mass is 32.1. The average molecular weight is 303 g/mol. The van der Waals surface area contributed by atoms with Crippen LogP contribution in [0.3, 0.4) is 0 Å². The minimum Gasteiger partial charge on any atom is -0.493 e. The van der Waals surface area contributed by atoms with Gasteiger partial charge in [0.25, 0.3) is 0 Å². The van der Waals surface area contributed by atoms with Crippen molar-refractivity contribution in [3.05, 3.63) is 29.6 Å². The average Bonchev–Trinajstić information content (AvgIpc) is 3.17. The van der Waals surface area contributed by atoms with Crippen LogP contribution in [0.15, 0.2) is 29.6 Å². The Bertz CT molecular complexity index is 545. The summed E-state index contributed by atoms with van der Waals surface area (Å²) in [6.45, 7) is 4.80. The predicted octanol–water partition coefficient (Wildman–Crippen LogP) is 4.94. The Labute approximate surface area is 131 Å². The van der Waals surface area contributed by atoms with Crippen molar-refractivity contribution in [3.63, 3.8) is 0 Å². The van der Waals surface area contributed by atoms with E-state index in [0.717, 1.165) is 12.4 Å². The van der Waals surface area contributed by atoms with Crippen LogP contribution in [0.5, 0.6) is 5.75 Å². The molecule has 0 aliphatic carbocycles. The largest absolute Gasteiger partial charge is 0.493 e. The minimum atomic E-state index is 0.846. The molecule has 2 heterocycles. The molecule has 0 bridgehead atoms. The third-order valence-corrected chi connectivity index (χ3v) is 5.16. The number of likely N-dealkylation sites (tertiary alicyclic amines) is 1. The summed E-state index contributed by atoms with van der Waals surface area (Å²) in [6.07, 6.45) is 7.94. The molecule has 1 fully saturated rings. The molecule has 0 saturated carbocycles. The van der Waals surface area contributed by atoms with E-state index in [0.29, 0.717) is 0 Å². The van der Waals surface area contributed by atoms with Gasteiger partial charge in [-0.05, 0) is 68.9 Å². The zero-order valence-electron chi connectivity index (χ0n) is 12.7. The first-order chi connectivity index (χ1) is 10.4. The lowest BCUT2D eigenvalue weighted by molar-refractivity contribution is 0.299. The van der Waals surface area contributed by atoms with E-state index in [1.807, 2.05) is 0 Å². The molecular formula is C18H25NOS. The van der Waals surface area contributed by atoms with Crippen molar-refractivity contribution >= 4 is 21.4 Å². The zero-order chi connectivity index (χ0) is 14.3. The fraction of sp³-hybridized carbons (Fsp3) is 0.556. The number of benzene rings is 1. The van der Waals surface area contributed by atoms with E-state index in [1.165, 1.54) is 68.2 Å². The van der Waals surface area contributed by atoms with Crippen LogP contribution in [0, 0.1) is 0 Å². The highest BCUT2D eigenvalue weighted by Crippen LogP contribution is 2.29. The van der Waals surface area contributed by atoms with Gasteiger partial charge in [-0.15, -0.1) is 11.3 Å². The van der Waals surface area contributed by atoms with Crippen molar-refractivity contribution in [2.45, 2.75) is 38.5 Å². The van der Waals surface area contributed by atoms with Gasteiger partial charge in [0.15, 0.2) is 0 Å². The highest BCUT2D eigenvalue weighted by Gasteiger charge is 2.09. The lowest BCUT2D eigenvalue weighted by Crippen LogP contribution is -2.20. The summed E-state index contributed by atoms with van der Waals surface area (Å²) in [7, 11) is 0. The first kappa shape index (κ1) is 14.9. The molecule has 2 nitrogen and oxygen atoms in total. The van der Waals surface area contributed by atoms with E-state index in [-0.39, 0.29) is 0 Å². The van der Waals surface area contributed by atoms with Gasteiger partial charge in [-0.1, -0.05) is 18.9 Å². The normalized spacial score (nSPS) is 15.8. The molecule has 1 aliphatic heterocycles. The SMILES string of the molecule is c1cc(OCCCCCCN2CCCC2)c2ccsc2c1. The number of rotatable bonds is 8. The van der Waals surface area contributed by atoms with Crippen molar-refractivity contribution < 1.29 is 4.74 Å². The summed E-state index contributed by atoms with van der Waals surface area (Å²) in [6, 6.07) is 8.49. The van der Waals surface area contributed by atoms with Gasteiger partial charge in [-0.2, -0.15) is 0 Å². The van der Waals surface area contributed by atoms with Crippen molar-refractivity contribution in [2.75, 3.05) is 26.2 Å². The molecule has 0 amide bonds. The molecule has 0 atom stereocenters. The first-order valence-electron chi connectivity index (χ1n) is 8.25. The smallest absolute Gasteiger partial charge is 0.127 e. The summed E-state index contributed by atoms with van der Waals surface area (Å²) in [5, 5.41) is 3.40. The van der Waals surface area contributed by atoms with Gasteiger partial charge in [-0.25, -0.2) is 0 Å². The maximum Gasteiger partial charge on any atom is 0.127 e. The van der Waals surface area contributed by atoms with Crippen LogP contribution >= 0.6 is 11.3 Å². The van der Waals surface area contributed by atoms with Crippen molar-refractivity contribution in [1.29, 1.82) is 0 Å². The van der Waals surface area contributed by atoms with E-state index in [9.17, 15) is 0 Å². The van der Waals surface area contributed by atoms with Crippen LogP contribution in [0.1, 0.15) is 38.5 Å². The molecule has 0 unspecified atom stereocenters. The molecule has 0 spiro atoms. The number of ether oxygens (including phenoxy) is 1. The third-order valence-electron chi connectivity index (χ3n) is 4.28. The van der Waals surface area contributed by atoms with Gasteiger partial charge in [0, 0.05) is 10.1 Å². The van der Waals surface area contributed by atoms with Crippen LogP contribution in [-0.2, 0) is 0 Å². The number of fused-ring (bicyclic) bond motifs is 1. The molecule has 0 N–H and O–H groups in total. The lowest BCUT2D eigenvalue weighted by atomic mass is 10.2. The monoisotopic (exact) mass is 303 g/mol. The predicted molar refractivity (Wildman–Crippen MR) is 91.5 cm³/mol. The van der Waals surface area contributed by atoms with Crippen molar-refractivity contribution in [3.8, 4) is 5.75 Å². The second-order valence-corrected chi connectivity index (χ2v) is 6.85. The molecular weight excluding hydrogens is 278 g/mol. The Morgan fingerprint density at radius 3 is 2.76 bits per heavy atom. The molecule has 3 rings (SSSR count). The van der Waals surface area contributed by atoms with Crippen LogP contribution in [0.4, 0.5) is 0 Å². The molecule has 1 aliphatic rings. The van der Waals surface area contributed by atoms with Crippen LogP contribution in [-0.4, -0.2) is 31.1 Å². The van der Waals surface area contributed by atoms with Crippen LogP contribution < -0.4 is 4.74 Å². The summed E-state index contributed by atoms with van der Waals surface area (Å²) in [4.78, 5) is 2.60. The Morgan fingerprint density at radius 1 is 1.00 bits per heavy atom. The Kier molecular flexibility index (Phi) is 5.53. The molecule has 2 aromatic rings. The molecule has 0 radical (unpaired) electrons. The van der Waals surface area contributed by atoms with Gasteiger partial charge < -0.3 is 9.64 Å². The van der Waals surface area contributed by atoms with Crippen molar-refractivity contribution in [2.24, 2.45) is 0 Å². The van der Waals surface area contributed by atoms with Gasteiger partial charge in [0.1, 0.15) is 5.75 Å². The van der Waals surface area contributed by atoms with Gasteiger partial charge in [0.05, 0.1) is 6.61 Å². The second kappa shape index (κ2) is 7.81. The third kappa shape index (κ3) is 4.21. The molecule has 21 heavy (non-hydrogen) atoms. The number of nitrogens with zero attached hydrogens (tertiary/aromatic N) is 1. The molecule has 1 aromatic carbocycles. The summed E-state index contributed by atoms with van der Waals surface area (Å²) < 4.78 is 7.27. The number of unbranched alkanes of at least 4 members (excludes halogenated alkanes) is 3. The number of thiophene rings is 1. The standard InChI is InChI=1S/C18H25NOS/c1(3-11-19-12-4-5-13-19)2-6-14-20-17-8-7-9-18-16(17)10-15-21-18/h7-10,15H,1-6,11-14H2. The van der Waals surface area contributed by atoms with Gasteiger partial charge in [-0.3, -0.25) is 0 Å². The van der Waals surface area contributed by atoms with Crippen molar-refractivity contribution in [1.82, 2.24) is 4.90 Å². The zero-order valence-corrected chi connectivity index (χ0v) is 13.5. The highest BCUT2D eigenvalue weighted by molar-refractivity contribution is 7.17. The van der Waals surface area contributed by atoms with E-state index >= 15 is 0 Å². The maximum absolute atomic E-state index is 5.95. The summed E-state index contributed by atoms with van der Waals surface area (Å²) >= 11 is 1.78. The first-order valence-corrected chi connectivity index (χ1v) is 9.13. The van der Waals surface area contributed by atoms with Gasteiger partial charge in [0.2, 0.25) is 0 Å². The Balaban J connectivity index is 1.30. The van der Waals surface area contributed by atoms with Crippen LogP contribution in [0.2, 0.25) is 0 Å². The van der Waals surface area contributed by atoms with E-state index in [2.05, 4.69) is 34.5 Å².